The number of halogens is 2. The van der Waals surface area contributed by atoms with E-state index in [0.29, 0.717) is 12.0 Å². The van der Waals surface area contributed by atoms with Crippen LogP contribution < -0.4 is 5.32 Å². The fourth-order valence-electron chi connectivity index (χ4n) is 2.94. The van der Waals surface area contributed by atoms with Crippen molar-refractivity contribution in [3.8, 4) is 0 Å². The summed E-state index contributed by atoms with van der Waals surface area (Å²) < 4.78 is 14.9. The lowest BCUT2D eigenvalue weighted by Crippen LogP contribution is -2.29. The van der Waals surface area contributed by atoms with Crippen molar-refractivity contribution in [2.45, 2.75) is 51.0 Å². The number of benzene rings is 1. The molecular weight excluding hydrogens is 293 g/mol. The van der Waals surface area contributed by atoms with Crippen LogP contribution in [0.5, 0.6) is 0 Å². The Kier molecular flexibility index (Phi) is 5.19. The second-order valence-corrected chi connectivity index (χ2v) is 6.05. The van der Waals surface area contributed by atoms with Crippen LogP contribution in [0.3, 0.4) is 0 Å². The van der Waals surface area contributed by atoms with Crippen LogP contribution in [0.15, 0.2) is 22.7 Å². The monoisotopic (exact) mass is 313 g/mol. The molecule has 3 heteroatoms. The van der Waals surface area contributed by atoms with Crippen molar-refractivity contribution < 1.29 is 4.39 Å². The van der Waals surface area contributed by atoms with E-state index in [-0.39, 0.29) is 5.82 Å². The van der Waals surface area contributed by atoms with Crippen molar-refractivity contribution in [3.63, 3.8) is 0 Å². The van der Waals surface area contributed by atoms with E-state index in [0.717, 1.165) is 29.4 Å². The molecule has 2 rings (SSSR count). The Morgan fingerprint density at radius 2 is 2.11 bits per heavy atom. The highest BCUT2D eigenvalue weighted by atomic mass is 79.9. The Bertz CT molecular complexity index is 394. The lowest BCUT2D eigenvalue weighted by molar-refractivity contribution is 0.441. The minimum absolute atomic E-state index is 0.0552. The van der Waals surface area contributed by atoms with Gasteiger partial charge in [0.25, 0.3) is 0 Å². The Labute approximate surface area is 117 Å². The number of nitrogens with one attached hydrogen (secondary N) is 1. The van der Waals surface area contributed by atoms with Crippen molar-refractivity contribution in [2.24, 2.45) is 0 Å². The maximum atomic E-state index is 14.0. The van der Waals surface area contributed by atoms with Crippen molar-refractivity contribution in [2.75, 3.05) is 6.54 Å². The smallest absolute Gasteiger partial charge is 0.126 e. The molecule has 1 aliphatic carbocycles. The average molecular weight is 314 g/mol. The highest BCUT2D eigenvalue weighted by molar-refractivity contribution is 9.10. The third-order valence-electron chi connectivity index (χ3n) is 3.81. The van der Waals surface area contributed by atoms with E-state index < -0.39 is 0 Å². The van der Waals surface area contributed by atoms with Crippen LogP contribution in [0.25, 0.3) is 0 Å². The molecule has 100 valence electrons. The first kappa shape index (κ1) is 14.0. The normalized spacial score (nSPS) is 24.8. The number of hydrogen-bond donors (Lipinski definition) is 1. The molecule has 0 amide bonds. The molecule has 2 unspecified atom stereocenters. The van der Waals surface area contributed by atoms with Crippen LogP contribution in [-0.4, -0.2) is 12.6 Å². The summed E-state index contributed by atoms with van der Waals surface area (Å²) in [7, 11) is 0. The topological polar surface area (TPSA) is 12.0 Å². The van der Waals surface area contributed by atoms with Crippen LogP contribution in [0.4, 0.5) is 4.39 Å². The van der Waals surface area contributed by atoms with Gasteiger partial charge in [0.2, 0.25) is 0 Å². The quantitative estimate of drug-likeness (QED) is 0.803. The minimum Gasteiger partial charge on any atom is -0.314 e. The molecule has 1 nitrogen and oxygen atoms in total. The van der Waals surface area contributed by atoms with Crippen LogP contribution in [0.1, 0.15) is 50.5 Å². The Morgan fingerprint density at radius 3 is 2.89 bits per heavy atom. The summed E-state index contributed by atoms with van der Waals surface area (Å²) in [5.41, 5.74) is 0.883. The van der Waals surface area contributed by atoms with E-state index in [1.165, 1.54) is 19.3 Å². The molecule has 0 heterocycles. The summed E-state index contributed by atoms with van der Waals surface area (Å²) in [4.78, 5) is 0. The fraction of sp³-hybridized carbons (Fsp3) is 0.600. The lowest BCUT2D eigenvalue weighted by atomic mass is 9.90. The lowest BCUT2D eigenvalue weighted by Gasteiger charge is -2.21. The molecule has 1 N–H and O–H groups in total. The zero-order valence-electron chi connectivity index (χ0n) is 10.9. The fourth-order valence-corrected chi connectivity index (χ4v) is 3.32. The van der Waals surface area contributed by atoms with Crippen LogP contribution in [-0.2, 0) is 0 Å². The molecular formula is C15H21BrFN. The maximum Gasteiger partial charge on any atom is 0.126 e. The highest BCUT2D eigenvalue weighted by Gasteiger charge is 2.23. The van der Waals surface area contributed by atoms with Crippen molar-refractivity contribution in [1.82, 2.24) is 5.32 Å². The van der Waals surface area contributed by atoms with E-state index in [1.54, 1.807) is 12.1 Å². The molecule has 0 radical (unpaired) electrons. The van der Waals surface area contributed by atoms with E-state index in [4.69, 9.17) is 0 Å². The summed E-state index contributed by atoms with van der Waals surface area (Å²) >= 11 is 3.45. The van der Waals surface area contributed by atoms with Crippen LogP contribution >= 0.6 is 15.9 Å². The SMILES string of the molecule is CCNC1CCCCC(c2cc(Br)ccc2F)C1. The molecule has 1 fully saturated rings. The minimum atomic E-state index is -0.0552. The Balaban J connectivity index is 2.16. The molecule has 0 aromatic heterocycles. The zero-order chi connectivity index (χ0) is 13.0. The van der Waals surface area contributed by atoms with Crippen molar-refractivity contribution in [3.05, 3.63) is 34.1 Å². The third-order valence-corrected chi connectivity index (χ3v) is 4.31. The van der Waals surface area contributed by atoms with Gasteiger partial charge in [0.15, 0.2) is 0 Å². The van der Waals surface area contributed by atoms with Gasteiger partial charge < -0.3 is 5.32 Å². The Morgan fingerprint density at radius 1 is 1.33 bits per heavy atom. The molecule has 0 saturated heterocycles. The molecule has 0 bridgehead atoms. The van der Waals surface area contributed by atoms with E-state index in [1.807, 2.05) is 6.07 Å². The largest absolute Gasteiger partial charge is 0.314 e. The number of hydrogen-bond acceptors (Lipinski definition) is 1. The van der Waals surface area contributed by atoms with Gasteiger partial charge >= 0.3 is 0 Å². The first-order chi connectivity index (χ1) is 8.70. The van der Waals surface area contributed by atoms with Gasteiger partial charge in [0.05, 0.1) is 0 Å². The predicted molar refractivity (Wildman–Crippen MR) is 77.4 cm³/mol. The molecule has 0 spiro atoms. The second-order valence-electron chi connectivity index (χ2n) is 5.14. The zero-order valence-corrected chi connectivity index (χ0v) is 12.5. The van der Waals surface area contributed by atoms with Gasteiger partial charge in [-0.25, -0.2) is 4.39 Å². The van der Waals surface area contributed by atoms with E-state index in [9.17, 15) is 4.39 Å². The summed E-state index contributed by atoms with van der Waals surface area (Å²) in [6.07, 6.45) is 5.85. The van der Waals surface area contributed by atoms with E-state index in [2.05, 4.69) is 28.2 Å². The standard InChI is InChI=1S/C15H21BrFN/c1-2-18-13-6-4-3-5-11(9-13)14-10-12(16)7-8-15(14)17/h7-8,10-11,13,18H,2-6,9H2,1H3. The molecule has 18 heavy (non-hydrogen) atoms. The van der Waals surface area contributed by atoms with Crippen molar-refractivity contribution >= 4 is 15.9 Å². The van der Waals surface area contributed by atoms with Gasteiger partial charge in [-0.15, -0.1) is 0 Å². The molecule has 1 aromatic rings. The predicted octanol–water partition coefficient (Wildman–Crippen LogP) is 4.61. The first-order valence-corrected chi connectivity index (χ1v) is 7.68. The second kappa shape index (κ2) is 6.67. The molecule has 1 aliphatic rings. The van der Waals surface area contributed by atoms with Crippen molar-refractivity contribution in [1.29, 1.82) is 0 Å². The van der Waals surface area contributed by atoms with Gasteiger partial charge in [-0.05, 0) is 55.5 Å². The summed E-state index contributed by atoms with van der Waals surface area (Å²) in [6, 6.07) is 5.85. The third kappa shape index (κ3) is 3.55. The van der Waals surface area contributed by atoms with Gasteiger partial charge in [-0.1, -0.05) is 35.7 Å². The van der Waals surface area contributed by atoms with Gasteiger partial charge in [-0.3, -0.25) is 0 Å². The number of rotatable bonds is 3. The molecule has 1 saturated carbocycles. The maximum absolute atomic E-state index is 14.0. The summed E-state index contributed by atoms with van der Waals surface area (Å²) in [5, 5.41) is 3.52. The van der Waals surface area contributed by atoms with Gasteiger partial charge in [0, 0.05) is 10.5 Å². The van der Waals surface area contributed by atoms with E-state index >= 15 is 0 Å². The van der Waals surface area contributed by atoms with Crippen LogP contribution in [0.2, 0.25) is 0 Å². The highest BCUT2D eigenvalue weighted by Crippen LogP contribution is 2.34. The summed E-state index contributed by atoms with van der Waals surface area (Å²) in [6.45, 7) is 3.14. The van der Waals surface area contributed by atoms with Gasteiger partial charge in [-0.2, -0.15) is 0 Å². The van der Waals surface area contributed by atoms with Crippen LogP contribution in [0, 0.1) is 5.82 Å². The molecule has 0 aliphatic heterocycles. The first-order valence-electron chi connectivity index (χ1n) is 6.89. The Hall–Kier alpha value is -0.410. The average Bonchev–Trinajstić information content (AvgIpc) is 2.58. The van der Waals surface area contributed by atoms with Gasteiger partial charge in [0.1, 0.15) is 5.82 Å². The summed E-state index contributed by atoms with van der Waals surface area (Å²) in [5.74, 6) is 0.300. The molecule has 1 aromatic carbocycles. The molecule has 2 atom stereocenters.